The standard InChI is InChI=1S/C16H20I3N3O5/c1-4-7(24)21-15(26)9-11(17)10(16(27)22-8(25)5-2)13(19)14(12(9)18)20-6(3)23/h7-8,24-25H,4-5H2,1-3H3,(H,20,23)(H,21,26)(H,22,27). The Balaban J connectivity index is 3.62. The van der Waals surface area contributed by atoms with Crippen molar-refractivity contribution in [2.75, 3.05) is 5.32 Å². The lowest BCUT2D eigenvalue weighted by Gasteiger charge is -2.21. The zero-order valence-corrected chi connectivity index (χ0v) is 21.3. The molecule has 0 heterocycles. The van der Waals surface area contributed by atoms with Gasteiger partial charge in [0.25, 0.3) is 11.8 Å². The van der Waals surface area contributed by atoms with Crippen molar-refractivity contribution in [3.8, 4) is 0 Å². The van der Waals surface area contributed by atoms with Crippen LogP contribution in [0.15, 0.2) is 0 Å². The summed E-state index contributed by atoms with van der Waals surface area (Å²) in [6, 6.07) is 0. The van der Waals surface area contributed by atoms with E-state index in [1.54, 1.807) is 13.8 Å². The number of halogens is 3. The Morgan fingerprint density at radius 3 is 1.52 bits per heavy atom. The fraction of sp³-hybridized carbons (Fsp3) is 0.438. The molecule has 2 unspecified atom stereocenters. The number of rotatable bonds is 7. The van der Waals surface area contributed by atoms with Crippen molar-refractivity contribution in [2.24, 2.45) is 0 Å². The molecule has 1 rings (SSSR count). The lowest BCUT2D eigenvalue weighted by atomic mass is 10.1. The third-order valence-corrected chi connectivity index (χ3v) is 6.68. The lowest BCUT2D eigenvalue weighted by Crippen LogP contribution is -2.38. The maximum atomic E-state index is 12.7. The molecule has 5 N–H and O–H groups in total. The molecule has 8 nitrogen and oxygen atoms in total. The second-order valence-corrected chi connectivity index (χ2v) is 8.78. The minimum absolute atomic E-state index is 0.170. The molecule has 27 heavy (non-hydrogen) atoms. The molecule has 0 fully saturated rings. The normalized spacial score (nSPS) is 12.9. The molecule has 0 aromatic heterocycles. The Hall–Kier alpha value is -0.260. The highest BCUT2D eigenvalue weighted by atomic mass is 127. The molecule has 1 aromatic rings. The number of aliphatic hydroxyl groups excluding tert-OH is 2. The van der Waals surface area contributed by atoms with E-state index >= 15 is 0 Å². The summed E-state index contributed by atoms with van der Waals surface area (Å²) in [5.41, 5.74) is 0.671. The monoisotopic (exact) mass is 715 g/mol. The van der Waals surface area contributed by atoms with Gasteiger partial charge in [-0.3, -0.25) is 14.4 Å². The molecule has 11 heteroatoms. The second-order valence-electron chi connectivity index (χ2n) is 5.54. The average Bonchev–Trinajstić information content (AvgIpc) is 2.58. The SMILES string of the molecule is CCC(O)NC(=O)c1c(I)c(NC(C)=O)c(I)c(C(=O)NC(O)CC)c1I. The zero-order chi connectivity index (χ0) is 20.9. The molecule has 0 spiro atoms. The van der Waals surface area contributed by atoms with Gasteiger partial charge in [0.2, 0.25) is 5.91 Å². The van der Waals surface area contributed by atoms with Crippen LogP contribution in [-0.2, 0) is 4.79 Å². The molecule has 3 amide bonds. The van der Waals surface area contributed by atoms with Crippen molar-refractivity contribution >= 4 is 91.2 Å². The smallest absolute Gasteiger partial charge is 0.255 e. The maximum Gasteiger partial charge on any atom is 0.255 e. The number of aliphatic hydroxyl groups is 2. The fourth-order valence-electron chi connectivity index (χ4n) is 2.00. The molecule has 0 saturated heterocycles. The Morgan fingerprint density at radius 1 is 0.852 bits per heavy atom. The van der Waals surface area contributed by atoms with Crippen molar-refractivity contribution in [1.29, 1.82) is 0 Å². The third kappa shape index (κ3) is 6.37. The van der Waals surface area contributed by atoms with Crippen molar-refractivity contribution in [1.82, 2.24) is 10.6 Å². The van der Waals surface area contributed by atoms with E-state index in [-0.39, 0.29) is 17.0 Å². The minimum atomic E-state index is -1.04. The first-order chi connectivity index (χ1) is 12.5. The van der Waals surface area contributed by atoms with Crippen LogP contribution in [0, 0.1) is 10.7 Å². The fourth-order valence-corrected chi connectivity index (χ4v) is 6.42. The van der Waals surface area contributed by atoms with Crippen LogP contribution in [-0.4, -0.2) is 40.4 Å². The zero-order valence-electron chi connectivity index (χ0n) is 14.8. The summed E-state index contributed by atoms with van der Waals surface area (Å²) in [6.45, 7) is 4.75. The van der Waals surface area contributed by atoms with E-state index in [9.17, 15) is 24.6 Å². The predicted molar refractivity (Wildman–Crippen MR) is 126 cm³/mol. The molecule has 150 valence electrons. The van der Waals surface area contributed by atoms with Crippen molar-refractivity contribution in [2.45, 2.75) is 46.1 Å². The topological polar surface area (TPSA) is 128 Å². The molecule has 2 atom stereocenters. The van der Waals surface area contributed by atoms with E-state index in [0.717, 1.165) is 0 Å². The molecule has 0 aliphatic rings. The van der Waals surface area contributed by atoms with Crippen LogP contribution in [0.3, 0.4) is 0 Å². The van der Waals surface area contributed by atoms with Gasteiger partial charge in [0.15, 0.2) is 0 Å². The van der Waals surface area contributed by atoms with Crippen LogP contribution in [0.5, 0.6) is 0 Å². The van der Waals surface area contributed by atoms with Gasteiger partial charge in [-0.25, -0.2) is 0 Å². The Kier molecular flexibility index (Phi) is 10.2. The molecule has 1 aromatic carbocycles. The molecule has 0 aliphatic heterocycles. The summed E-state index contributed by atoms with van der Waals surface area (Å²) in [6.07, 6.45) is -1.44. The highest BCUT2D eigenvalue weighted by Crippen LogP contribution is 2.35. The summed E-state index contributed by atoms with van der Waals surface area (Å²) < 4.78 is 1.26. The molecule has 0 aliphatic carbocycles. The van der Waals surface area contributed by atoms with E-state index in [4.69, 9.17) is 0 Å². The first-order valence-electron chi connectivity index (χ1n) is 8.00. The van der Waals surface area contributed by atoms with Crippen LogP contribution in [0.25, 0.3) is 0 Å². The van der Waals surface area contributed by atoms with E-state index < -0.39 is 24.3 Å². The second kappa shape index (κ2) is 11.1. The van der Waals surface area contributed by atoms with Gasteiger partial charge in [0, 0.05) is 10.5 Å². The third-order valence-electron chi connectivity index (χ3n) is 3.44. The molecule has 0 radical (unpaired) electrons. The number of benzene rings is 1. The molecular weight excluding hydrogens is 695 g/mol. The number of carbonyl (C=O) groups is 3. The van der Waals surface area contributed by atoms with Crippen LogP contribution < -0.4 is 16.0 Å². The van der Waals surface area contributed by atoms with Gasteiger partial charge >= 0.3 is 0 Å². The average molecular weight is 715 g/mol. The predicted octanol–water partition coefficient (Wildman–Crippen LogP) is 2.38. The summed E-state index contributed by atoms with van der Waals surface area (Å²) in [7, 11) is 0. The van der Waals surface area contributed by atoms with Gasteiger partial charge in [-0.05, 0) is 80.6 Å². The summed E-state index contributed by atoms with van der Waals surface area (Å²) in [5, 5.41) is 27.1. The van der Waals surface area contributed by atoms with Gasteiger partial charge in [0.05, 0.1) is 24.0 Å². The Bertz CT molecular complexity index is 706. The largest absolute Gasteiger partial charge is 0.374 e. The van der Waals surface area contributed by atoms with Gasteiger partial charge in [-0.1, -0.05) is 13.8 Å². The summed E-state index contributed by atoms with van der Waals surface area (Å²) in [5.74, 6) is -1.48. The number of amides is 3. The van der Waals surface area contributed by atoms with Gasteiger partial charge < -0.3 is 26.2 Å². The van der Waals surface area contributed by atoms with E-state index in [0.29, 0.717) is 29.2 Å². The van der Waals surface area contributed by atoms with Crippen molar-refractivity contribution < 1.29 is 24.6 Å². The van der Waals surface area contributed by atoms with Crippen LogP contribution in [0.2, 0.25) is 0 Å². The number of carbonyl (C=O) groups excluding carboxylic acids is 3. The maximum absolute atomic E-state index is 12.7. The molecule has 0 saturated carbocycles. The number of nitrogens with one attached hydrogen (secondary N) is 3. The molecule has 0 bridgehead atoms. The van der Waals surface area contributed by atoms with Gasteiger partial charge in [0.1, 0.15) is 12.5 Å². The van der Waals surface area contributed by atoms with E-state index in [2.05, 4.69) is 16.0 Å². The molecular formula is C16H20I3N3O5. The van der Waals surface area contributed by atoms with Gasteiger partial charge in [-0.15, -0.1) is 0 Å². The number of anilines is 1. The number of hydrogen-bond donors (Lipinski definition) is 5. The highest BCUT2D eigenvalue weighted by Gasteiger charge is 2.29. The Morgan fingerprint density at radius 2 is 1.22 bits per heavy atom. The quantitative estimate of drug-likeness (QED) is 0.219. The highest BCUT2D eigenvalue weighted by molar-refractivity contribution is 14.1. The minimum Gasteiger partial charge on any atom is -0.374 e. The van der Waals surface area contributed by atoms with E-state index in [1.165, 1.54) is 6.92 Å². The lowest BCUT2D eigenvalue weighted by molar-refractivity contribution is -0.114. The first kappa shape index (κ1) is 24.8. The van der Waals surface area contributed by atoms with Crippen molar-refractivity contribution in [3.63, 3.8) is 0 Å². The van der Waals surface area contributed by atoms with Crippen LogP contribution >= 0.6 is 67.8 Å². The van der Waals surface area contributed by atoms with Gasteiger partial charge in [-0.2, -0.15) is 0 Å². The Labute approximate surface area is 198 Å². The summed E-state index contributed by atoms with van der Waals surface area (Å²) in [4.78, 5) is 37.0. The van der Waals surface area contributed by atoms with Crippen LogP contribution in [0.4, 0.5) is 5.69 Å². The van der Waals surface area contributed by atoms with E-state index in [1.807, 2.05) is 67.8 Å². The summed E-state index contributed by atoms with van der Waals surface area (Å²) >= 11 is 5.73. The van der Waals surface area contributed by atoms with Crippen LogP contribution in [0.1, 0.15) is 54.3 Å². The first-order valence-corrected chi connectivity index (χ1v) is 11.2. The van der Waals surface area contributed by atoms with Crippen molar-refractivity contribution in [3.05, 3.63) is 21.8 Å². The number of hydrogen-bond acceptors (Lipinski definition) is 5.